The molecule has 0 aromatic heterocycles. The van der Waals surface area contributed by atoms with Crippen LogP contribution in [0.4, 0.5) is 10.5 Å². The van der Waals surface area contributed by atoms with E-state index >= 15 is 0 Å². The zero-order chi connectivity index (χ0) is 14.7. The lowest BCUT2D eigenvalue weighted by Crippen LogP contribution is -2.43. The Morgan fingerprint density at radius 1 is 1.05 bits per heavy atom. The molecule has 0 fully saturated rings. The highest BCUT2D eigenvalue weighted by atomic mass is 16.6. The number of rotatable bonds is 3. The SMILES string of the molecule is CNc1ccc(C(C)(C)NC(=O)OC(C)(C)C)cc1. The molecule has 0 spiro atoms. The molecule has 0 unspecified atom stereocenters. The van der Waals surface area contributed by atoms with Crippen LogP contribution in [-0.2, 0) is 10.3 Å². The van der Waals surface area contributed by atoms with Crippen molar-refractivity contribution in [3.63, 3.8) is 0 Å². The van der Waals surface area contributed by atoms with Crippen molar-refractivity contribution >= 4 is 11.8 Å². The minimum absolute atomic E-state index is 0.407. The minimum atomic E-state index is -0.490. The smallest absolute Gasteiger partial charge is 0.408 e. The Bertz CT molecular complexity index is 430. The molecule has 0 radical (unpaired) electrons. The van der Waals surface area contributed by atoms with Crippen molar-refractivity contribution in [2.75, 3.05) is 12.4 Å². The normalized spacial score (nSPS) is 11.9. The summed E-state index contributed by atoms with van der Waals surface area (Å²) in [4.78, 5) is 11.8. The van der Waals surface area contributed by atoms with Gasteiger partial charge in [-0.2, -0.15) is 0 Å². The van der Waals surface area contributed by atoms with Gasteiger partial charge in [-0.15, -0.1) is 0 Å². The molecule has 0 aliphatic heterocycles. The molecule has 0 saturated heterocycles. The zero-order valence-electron chi connectivity index (χ0n) is 12.6. The van der Waals surface area contributed by atoms with Crippen molar-refractivity contribution in [3.8, 4) is 0 Å². The molecule has 0 aliphatic carbocycles. The molecule has 2 N–H and O–H groups in total. The maximum Gasteiger partial charge on any atom is 0.408 e. The van der Waals surface area contributed by atoms with Gasteiger partial charge in [0.2, 0.25) is 0 Å². The van der Waals surface area contributed by atoms with Crippen LogP contribution in [0.1, 0.15) is 40.2 Å². The maximum atomic E-state index is 11.8. The predicted molar refractivity (Wildman–Crippen MR) is 78.4 cm³/mol. The summed E-state index contributed by atoms with van der Waals surface area (Å²) in [6.45, 7) is 9.44. The van der Waals surface area contributed by atoms with Crippen molar-refractivity contribution in [1.29, 1.82) is 0 Å². The zero-order valence-corrected chi connectivity index (χ0v) is 12.6. The summed E-state index contributed by atoms with van der Waals surface area (Å²) >= 11 is 0. The van der Waals surface area contributed by atoms with E-state index in [0.29, 0.717) is 0 Å². The van der Waals surface area contributed by atoms with Crippen LogP contribution in [-0.4, -0.2) is 18.7 Å². The second-order valence-electron chi connectivity index (χ2n) is 6.08. The van der Waals surface area contributed by atoms with Crippen LogP contribution >= 0.6 is 0 Å². The van der Waals surface area contributed by atoms with Gasteiger partial charge in [0.25, 0.3) is 0 Å². The largest absolute Gasteiger partial charge is 0.444 e. The van der Waals surface area contributed by atoms with E-state index < -0.39 is 17.2 Å². The topological polar surface area (TPSA) is 50.4 Å². The van der Waals surface area contributed by atoms with Crippen LogP contribution in [0.3, 0.4) is 0 Å². The van der Waals surface area contributed by atoms with Crippen LogP contribution in [0.5, 0.6) is 0 Å². The lowest BCUT2D eigenvalue weighted by atomic mass is 9.94. The van der Waals surface area contributed by atoms with Gasteiger partial charge in [0, 0.05) is 12.7 Å². The number of anilines is 1. The standard InChI is InChI=1S/C15H24N2O2/c1-14(2,3)19-13(18)17-15(4,5)11-7-9-12(16-6)10-8-11/h7-10,16H,1-6H3,(H,17,18). The van der Waals surface area contributed by atoms with Crippen molar-refractivity contribution < 1.29 is 9.53 Å². The Labute approximate surface area is 115 Å². The van der Waals surface area contributed by atoms with Gasteiger partial charge in [-0.05, 0) is 52.3 Å². The third-order valence-electron chi connectivity index (χ3n) is 2.71. The average molecular weight is 264 g/mol. The number of ether oxygens (including phenoxy) is 1. The third kappa shape index (κ3) is 4.81. The summed E-state index contributed by atoms with van der Waals surface area (Å²) in [5, 5.41) is 5.95. The summed E-state index contributed by atoms with van der Waals surface area (Å²) < 4.78 is 5.28. The molecule has 4 heteroatoms. The first kappa shape index (κ1) is 15.3. The first-order chi connectivity index (χ1) is 8.64. The number of benzene rings is 1. The van der Waals surface area contributed by atoms with Gasteiger partial charge in [-0.3, -0.25) is 0 Å². The summed E-state index contributed by atoms with van der Waals surface area (Å²) in [5.74, 6) is 0. The maximum absolute atomic E-state index is 11.8. The van der Waals surface area contributed by atoms with Gasteiger partial charge in [0.15, 0.2) is 0 Å². The third-order valence-corrected chi connectivity index (χ3v) is 2.71. The first-order valence-corrected chi connectivity index (χ1v) is 6.43. The number of alkyl carbamates (subject to hydrolysis) is 1. The van der Waals surface area contributed by atoms with Crippen molar-refractivity contribution in [1.82, 2.24) is 5.32 Å². The Morgan fingerprint density at radius 3 is 2.00 bits per heavy atom. The van der Waals surface area contributed by atoms with Crippen molar-refractivity contribution in [2.45, 2.75) is 45.8 Å². The Balaban J connectivity index is 2.76. The fourth-order valence-corrected chi connectivity index (χ4v) is 1.68. The quantitative estimate of drug-likeness (QED) is 0.878. The molecule has 0 aliphatic rings. The number of carbonyl (C=O) groups excluding carboxylic acids is 1. The van der Waals surface area contributed by atoms with E-state index in [1.54, 1.807) is 0 Å². The molecule has 0 saturated carbocycles. The van der Waals surface area contributed by atoms with E-state index in [2.05, 4.69) is 10.6 Å². The fraction of sp³-hybridized carbons (Fsp3) is 0.533. The molecule has 1 aromatic carbocycles. The summed E-state index contributed by atoms with van der Waals surface area (Å²) in [7, 11) is 1.87. The van der Waals surface area contributed by atoms with Gasteiger partial charge in [0.1, 0.15) is 5.60 Å². The van der Waals surface area contributed by atoms with E-state index in [0.717, 1.165) is 11.3 Å². The highest BCUT2D eigenvalue weighted by molar-refractivity contribution is 5.69. The molecule has 106 valence electrons. The lowest BCUT2D eigenvalue weighted by molar-refractivity contribution is 0.0470. The van der Waals surface area contributed by atoms with Crippen LogP contribution in [0, 0.1) is 0 Å². The van der Waals surface area contributed by atoms with Gasteiger partial charge in [0.05, 0.1) is 5.54 Å². The van der Waals surface area contributed by atoms with Gasteiger partial charge in [-0.1, -0.05) is 12.1 Å². The van der Waals surface area contributed by atoms with Gasteiger partial charge < -0.3 is 15.4 Å². The summed E-state index contributed by atoms with van der Waals surface area (Å²) in [6.07, 6.45) is -0.407. The van der Waals surface area contributed by atoms with Crippen LogP contribution in [0.15, 0.2) is 24.3 Å². The highest BCUT2D eigenvalue weighted by Crippen LogP contribution is 2.22. The average Bonchev–Trinajstić information content (AvgIpc) is 2.25. The molecule has 1 rings (SSSR count). The molecule has 1 amide bonds. The summed E-state index contributed by atoms with van der Waals surface area (Å²) in [5.41, 5.74) is 1.10. The Kier molecular flexibility index (Phi) is 4.45. The number of hydrogen-bond donors (Lipinski definition) is 2. The summed E-state index contributed by atoms with van der Waals surface area (Å²) in [6, 6.07) is 7.94. The molecule has 0 bridgehead atoms. The molecule has 4 nitrogen and oxygen atoms in total. The van der Waals surface area contributed by atoms with Crippen molar-refractivity contribution in [2.24, 2.45) is 0 Å². The Hall–Kier alpha value is -1.71. The number of amides is 1. The molecular weight excluding hydrogens is 240 g/mol. The predicted octanol–water partition coefficient (Wildman–Crippen LogP) is 3.49. The minimum Gasteiger partial charge on any atom is -0.444 e. The van der Waals surface area contributed by atoms with Crippen LogP contribution in [0.2, 0.25) is 0 Å². The van der Waals surface area contributed by atoms with E-state index in [4.69, 9.17) is 4.74 Å². The van der Waals surface area contributed by atoms with Crippen molar-refractivity contribution in [3.05, 3.63) is 29.8 Å². The molecule has 0 heterocycles. The van der Waals surface area contributed by atoms with Crippen LogP contribution < -0.4 is 10.6 Å². The highest BCUT2D eigenvalue weighted by Gasteiger charge is 2.26. The molecule has 0 atom stereocenters. The Morgan fingerprint density at radius 2 is 1.58 bits per heavy atom. The second kappa shape index (κ2) is 5.51. The van der Waals surface area contributed by atoms with E-state index in [9.17, 15) is 4.79 Å². The molecule has 1 aromatic rings. The van der Waals surface area contributed by atoms with E-state index in [1.165, 1.54) is 0 Å². The van der Waals surface area contributed by atoms with Crippen LogP contribution in [0.25, 0.3) is 0 Å². The lowest BCUT2D eigenvalue weighted by Gasteiger charge is -2.29. The number of nitrogens with one attached hydrogen (secondary N) is 2. The fourth-order valence-electron chi connectivity index (χ4n) is 1.68. The van der Waals surface area contributed by atoms with Gasteiger partial charge >= 0.3 is 6.09 Å². The van der Waals surface area contributed by atoms with E-state index in [-0.39, 0.29) is 0 Å². The number of carbonyl (C=O) groups is 1. The van der Waals surface area contributed by atoms with Gasteiger partial charge in [-0.25, -0.2) is 4.79 Å². The molecular formula is C15H24N2O2. The van der Waals surface area contributed by atoms with E-state index in [1.807, 2.05) is 65.9 Å². The first-order valence-electron chi connectivity index (χ1n) is 6.43. The molecule has 19 heavy (non-hydrogen) atoms. The number of hydrogen-bond acceptors (Lipinski definition) is 3. The second-order valence-corrected chi connectivity index (χ2v) is 6.08. The monoisotopic (exact) mass is 264 g/mol.